The van der Waals surface area contributed by atoms with Crippen LogP contribution >= 0.6 is 0 Å². The summed E-state index contributed by atoms with van der Waals surface area (Å²) in [5.74, 6) is 0.187. The number of alkyl halides is 1. The molecule has 0 spiro atoms. The number of nitrogens with zero attached hydrogens (tertiary/aromatic N) is 4. The standard InChI is InChI=1S/C12H15FN6/c1-9(14)19-8-17-11(6-18-5-4-16-7-18)10(2-3-13)12(19)15/h4-5,7-8,14-15H,2-3,6H2,1H3. The third-order valence-electron chi connectivity index (χ3n) is 2.80. The average molecular weight is 262 g/mol. The molecule has 2 aromatic heterocycles. The van der Waals surface area contributed by atoms with Crippen LogP contribution < -0.4 is 5.49 Å². The van der Waals surface area contributed by atoms with Gasteiger partial charge in [-0.05, 0) is 6.92 Å². The van der Waals surface area contributed by atoms with Gasteiger partial charge < -0.3 is 4.57 Å². The Kier molecular flexibility index (Phi) is 3.84. The molecule has 2 rings (SSSR count). The van der Waals surface area contributed by atoms with Gasteiger partial charge in [0.2, 0.25) is 0 Å². The van der Waals surface area contributed by atoms with Crippen LogP contribution in [0.3, 0.4) is 0 Å². The summed E-state index contributed by atoms with van der Waals surface area (Å²) in [5, 5.41) is 15.6. The molecule has 0 aliphatic rings. The minimum absolute atomic E-state index is 0.121. The van der Waals surface area contributed by atoms with E-state index >= 15 is 0 Å². The third kappa shape index (κ3) is 2.75. The Bertz CT molecular complexity index is 628. The fourth-order valence-corrected chi connectivity index (χ4v) is 1.85. The molecule has 0 saturated carbocycles. The zero-order chi connectivity index (χ0) is 13.8. The van der Waals surface area contributed by atoms with Gasteiger partial charge in [-0.1, -0.05) is 0 Å². The molecule has 2 heterocycles. The minimum Gasteiger partial charge on any atom is -0.331 e. The molecule has 0 fully saturated rings. The lowest BCUT2D eigenvalue weighted by Gasteiger charge is -2.12. The number of hydrogen-bond donors (Lipinski definition) is 2. The fourth-order valence-electron chi connectivity index (χ4n) is 1.85. The molecule has 0 radical (unpaired) electrons. The second-order valence-corrected chi connectivity index (χ2v) is 4.15. The van der Waals surface area contributed by atoms with E-state index in [0.29, 0.717) is 17.8 Å². The lowest BCUT2D eigenvalue weighted by atomic mass is 10.1. The molecule has 0 aliphatic carbocycles. The molecule has 0 aliphatic heterocycles. The van der Waals surface area contributed by atoms with E-state index in [1.165, 1.54) is 10.9 Å². The predicted molar refractivity (Wildman–Crippen MR) is 67.9 cm³/mol. The van der Waals surface area contributed by atoms with Crippen molar-refractivity contribution in [3.8, 4) is 0 Å². The first-order chi connectivity index (χ1) is 9.13. The molecule has 0 bridgehead atoms. The molecule has 100 valence electrons. The van der Waals surface area contributed by atoms with Crippen LogP contribution in [0.2, 0.25) is 0 Å². The summed E-state index contributed by atoms with van der Waals surface area (Å²) in [7, 11) is 0. The van der Waals surface area contributed by atoms with Gasteiger partial charge in [-0.15, -0.1) is 0 Å². The molecule has 0 aromatic carbocycles. The molecule has 0 saturated heterocycles. The van der Waals surface area contributed by atoms with E-state index in [-0.39, 0.29) is 17.7 Å². The Balaban J connectivity index is 2.46. The van der Waals surface area contributed by atoms with Gasteiger partial charge in [0, 0.05) is 24.4 Å². The number of imidazole rings is 1. The summed E-state index contributed by atoms with van der Waals surface area (Å²) in [5.41, 5.74) is 1.29. The van der Waals surface area contributed by atoms with Crippen LogP contribution in [0.25, 0.3) is 0 Å². The highest BCUT2D eigenvalue weighted by Crippen LogP contribution is 2.05. The summed E-state index contributed by atoms with van der Waals surface area (Å²) < 4.78 is 15.8. The van der Waals surface area contributed by atoms with E-state index in [4.69, 9.17) is 10.8 Å². The highest BCUT2D eigenvalue weighted by atomic mass is 19.1. The van der Waals surface area contributed by atoms with E-state index in [2.05, 4.69) is 9.97 Å². The Morgan fingerprint density at radius 3 is 2.79 bits per heavy atom. The zero-order valence-corrected chi connectivity index (χ0v) is 10.6. The monoisotopic (exact) mass is 262 g/mol. The minimum atomic E-state index is -0.550. The van der Waals surface area contributed by atoms with Crippen molar-refractivity contribution < 1.29 is 4.39 Å². The topological polar surface area (TPSA) is 83.3 Å². The highest BCUT2D eigenvalue weighted by molar-refractivity contribution is 5.78. The molecule has 7 heteroatoms. The molecule has 0 unspecified atom stereocenters. The lowest BCUT2D eigenvalue weighted by molar-refractivity contribution is 0.489. The van der Waals surface area contributed by atoms with Crippen molar-refractivity contribution in [2.24, 2.45) is 0 Å². The first-order valence-corrected chi connectivity index (χ1v) is 5.84. The first kappa shape index (κ1) is 13.1. The highest BCUT2D eigenvalue weighted by Gasteiger charge is 2.10. The Hall–Kier alpha value is -2.31. The molecular formula is C12H15FN6. The summed E-state index contributed by atoms with van der Waals surface area (Å²) in [6, 6.07) is 0. The number of aromatic nitrogens is 4. The van der Waals surface area contributed by atoms with E-state index in [1.54, 1.807) is 25.6 Å². The molecule has 2 N–H and O–H groups in total. The molecule has 6 nitrogen and oxygen atoms in total. The summed E-state index contributed by atoms with van der Waals surface area (Å²) >= 11 is 0. The maximum absolute atomic E-state index is 12.7. The Labute approximate surface area is 109 Å². The second kappa shape index (κ2) is 5.55. The summed E-state index contributed by atoms with van der Waals surface area (Å²) in [6.45, 7) is 1.46. The van der Waals surface area contributed by atoms with Crippen molar-refractivity contribution in [3.63, 3.8) is 0 Å². The van der Waals surface area contributed by atoms with Crippen molar-refractivity contribution in [3.05, 3.63) is 41.8 Å². The van der Waals surface area contributed by atoms with Gasteiger partial charge in [0.05, 0.1) is 25.2 Å². The molecule has 2 aromatic rings. The summed E-state index contributed by atoms with van der Waals surface area (Å²) in [6.07, 6.45) is 6.64. The van der Waals surface area contributed by atoms with Gasteiger partial charge in [0.1, 0.15) is 17.7 Å². The van der Waals surface area contributed by atoms with Crippen molar-refractivity contribution in [2.75, 3.05) is 6.67 Å². The van der Waals surface area contributed by atoms with Gasteiger partial charge >= 0.3 is 0 Å². The maximum Gasteiger partial charge on any atom is 0.136 e. The number of nitrogens with one attached hydrogen (secondary N) is 2. The van der Waals surface area contributed by atoms with Gasteiger partial charge in [-0.2, -0.15) is 0 Å². The number of rotatable bonds is 4. The number of hydrogen-bond acceptors (Lipinski definition) is 4. The van der Waals surface area contributed by atoms with E-state index in [0.717, 1.165) is 0 Å². The van der Waals surface area contributed by atoms with Crippen LogP contribution in [0.15, 0.2) is 25.0 Å². The van der Waals surface area contributed by atoms with E-state index in [1.807, 2.05) is 4.57 Å². The normalized spacial score (nSPS) is 10.6. The van der Waals surface area contributed by atoms with Crippen LogP contribution in [-0.2, 0) is 13.0 Å². The van der Waals surface area contributed by atoms with Crippen molar-refractivity contribution in [1.82, 2.24) is 19.1 Å². The molecule has 19 heavy (non-hydrogen) atoms. The Morgan fingerprint density at radius 1 is 1.42 bits per heavy atom. The van der Waals surface area contributed by atoms with Gasteiger partial charge in [-0.25, -0.2) is 9.97 Å². The van der Waals surface area contributed by atoms with Crippen LogP contribution in [0.4, 0.5) is 4.39 Å². The van der Waals surface area contributed by atoms with Crippen LogP contribution in [-0.4, -0.2) is 31.6 Å². The predicted octanol–water partition coefficient (Wildman–Crippen LogP) is 0.965. The SMILES string of the molecule is CC(=N)n1cnc(Cn2ccnc2)c(CCF)c1=N. The van der Waals surface area contributed by atoms with Crippen LogP contribution in [0, 0.1) is 10.8 Å². The quantitative estimate of drug-likeness (QED) is 0.635. The zero-order valence-electron chi connectivity index (χ0n) is 10.6. The third-order valence-corrected chi connectivity index (χ3v) is 2.80. The van der Waals surface area contributed by atoms with Gasteiger partial charge in [0.15, 0.2) is 0 Å². The van der Waals surface area contributed by atoms with Gasteiger partial charge in [0.25, 0.3) is 0 Å². The lowest BCUT2D eigenvalue weighted by Crippen LogP contribution is -2.30. The Morgan fingerprint density at radius 2 is 2.21 bits per heavy atom. The second-order valence-electron chi connectivity index (χ2n) is 4.15. The van der Waals surface area contributed by atoms with Crippen molar-refractivity contribution in [1.29, 1.82) is 10.8 Å². The molecule has 0 atom stereocenters. The van der Waals surface area contributed by atoms with Gasteiger partial charge in [-0.3, -0.25) is 19.8 Å². The smallest absolute Gasteiger partial charge is 0.136 e. The molecular weight excluding hydrogens is 247 g/mol. The first-order valence-electron chi connectivity index (χ1n) is 5.84. The van der Waals surface area contributed by atoms with Crippen LogP contribution in [0.1, 0.15) is 18.2 Å². The van der Waals surface area contributed by atoms with Crippen molar-refractivity contribution >= 4 is 5.84 Å². The summed E-state index contributed by atoms with van der Waals surface area (Å²) in [4.78, 5) is 8.18. The van der Waals surface area contributed by atoms with Crippen molar-refractivity contribution in [2.45, 2.75) is 19.9 Å². The fraction of sp³-hybridized carbons (Fsp3) is 0.333. The van der Waals surface area contributed by atoms with E-state index in [9.17, 15) is 4.39 Å². The van der Waals surface area contributed by atoms with E-state index < -0.39 is 6.67 Å². The number of halogens is 1. The maximum atomic E-state index is 12.7. The van der Waals surface area contributed by atoms with Crippen LogP contribution in [0.5, 0.6) is 0 Å². The largest absolute Gasteiger partial charge is 0.331 e. The average Bonchev–Trinajstić information content (AvgIpc) is 2.86. The molecule has 0 amide bonds.